The van der Waals surface area contributed by atoms with Gasteiger partial charge in [-0.2, -0.15) is 0 Å². The van der Waals surface area contributed by atoms with Crippen LogP contribution in [0.5, 0.6) is 0 Å². The van der Waals surface area contributed by atoms with E-state index in [1.807, 2.05) is 37.3 Å². The molecule has 0 spiro atoms. The molecular formula is C18H17ClN4OS. The number of pyridine rings is 1. The Balaban J connectivity index is 1.61. The van der Waals surface area contributed by atoms with Gasteiger partial charge < -0.3 is 9.64 Å². The molecule has 1 atom stereocenters. The molecule has 128 valence electrons. The summed E-state index contributed by atoms with van der Waals surface area (Å²) >= 11 is 7.63. The summed E-state index contributed by atoms with van der Waals surface area (Å²) in [5, 5.41) is 0. The van der Waals surface area contributed by atoms with Gasteiger partial charge in [-0.3, -0.25) is 4.98 Å². The third kappa shape index (κ3) is 3.66. The Labute approximate surface area is 155 Å². The molecule has 7 heteroatoms. The van der Waals surface area contributed by atoms with Gasteiger partial charge >= 0.3 is 0 Å². The third-order valence-corrected chi connectivity index (χ3v) is 5.40. The normalized spacial score (nSPS) is 17.7. The fourth-order valence-electron chi connectivity index (χ4n) is 2.87. The maximum Gasteiger partial charge on any atom is 0.161 e. The van der Waals surface area contributed by atoms with Crippen LogP contribution >= 0.6 is 22.9 Å². The van der Waals surface area contributed by atoms with Gasteiger partial charge in [-0.25, -0.2) is 9.97 Å². The second-order valence-electron chi connectivity index (χ2n) is 5.87. The minimum atomic E-state index is 0.0193. The average Bonchev–Trinajstić information content (AvgIpc) is 3.08. The minimum absolute atomic E-state index is 0.0193. The second-order valence-corrected chi connectivity index (χ2v) is 7.62. The van der Waals surface area contributed by atoms with Gasteiger partial charge in [0.1, 0.15) is 11.9 Å². The van der Waals surface area contributed by atoms with Gasteiger partial charge in [0.05, 0.1) is 17.5 Å². The monoisotopic (exact) mass is 372 g/mol. The molecule has 0 aromatic carbocycles. The molecule has 4 rings (SSSR count). The van der Waals surface area contributed by atoms with E-state index in [1.54, 1.807) is 23.7 Å². The lowest BCUT2D eigenvalue weighted by Gasteiger charge is -2.33. The Morgan fingerprint density at radius 2 is 2.04 bits per heavy atom. The Morgan fingerprint density at radius 1 is 1.20 bits per heavy atom. The largest absolute Gasteiger partial charge is 0.369 e. The third-order valence-electron chi connectivity index (χ3n) is 4.08. The fraction of sp³-hybridized carbons (Fsp3) is 0.278. The van der Waals surface area contributed by atoms with Crippen molar-refractivity contribution in [3.63, 3.8) is 0 Å². The summed E-state index contributed by atoms with van der Waals surface area (Å²) in [4.78, 5) is 16.8. The number of hydrogen-bond donors (Lipinski definition) is 0. The van der Waals surface area contributed by atoms with Gasteiger partial charge in [0.15, 0.2) is 5.82 Å². The first-order valence-electron chi connectivity index (χ1n) is 8.07. The number of nitrogens with zero attached hydrogens (tertiary/aromatic N) is 4. The van der Waals surface area contributed by atoms with Gasteiger partial charge in [-0.1, -0.05) is 11.6 Å². The predicted molar refractivity (Wildman–Crippen MR) is 100 cm³/mol. The van der Waals surface area contributed by atoms with E-state index < -0.39 is 0 Å². The van der Waals surface area contributed by atoms with E-state index in [9.17, 15) is 0 Å². The van der Waals surface area contributed by atoms with Crippen LogP contribution in [0.15, 0.2) is 42.7 Å². The zero-order chi connectivity index (χ0) is 17.2. The maximum atomic E-state index is 6.07. The number of morpholine rings is 1. The summed E-state index contributed by atoms with van der Waals surface area (Å²) in [6.45, 7) is 4.21. The Morgan fingerprint density at radius 3 is 2.80 bits per heavy atom. The van der Waals surface area contributed by atoms with Crippen LogP contribution in [0.2, 0.25) is 4.34 Å². The highest BCUT2D eigenvalue weighted by Gasteiger charge is 2.24. The van der Waals surface area contributed by atoms with Crippen LogP contribution in [0.25, 0.3) is 11.4 Å². The van der Waals surface area contributed by atoms with Crippen molar-refractivity contribution in [3.05, 3.63) is 57.6 Å². The van der Waals surface area contributed by atoms with Crippen LogP contribution in [-0.4, -0.2) is 34.6 Å². The lowest BCUT2D eigenvalue weighted by atomic mass is 10.2. The molecule has 0 unspecified atom stereocenters. The van der Waals surface area contributed by atoms with E-state index in [-0.39, 0.29) is 6.10 Å². The second kappa shape index (κ2) is 7.07. The van der Waals surface area contributed by atoms with Gasteiger partial charge in [0.25, 0.3) is 0 Å². The van der Waals surface area contributed by atoms with Crippen molar-refractivity contribution in [1.82, 2.24) is 15.0 Å². The number of ether oxygens (including phenoxy) is 1. The number of aryl methyl sites for hydroxylation is 1. The van der Waals surface area contributed by atoms with Crippen molar-refractivity contribution in [2.45, 2.75) is 13.0 Å². The molecule has 0 radical (unpaired) electrons. The highest BCUT2D eigenvalue weighted by molar-refractivity contribution is 7.16. The molecule has 3 aromatic rings. The Bertz CT molecular complexity index is 871. The average molecular weight is 373 g/mol. The van der Waals surface area contributed by atoms with E-state index in [2.05, 4.69) is 14.9 Å². The molecule has 3 aromatic heterocycles. The number of aromatic nitrogens is 3. The van der Waals surface area contributed by atoms with E-state index in [4.69, 9.17) is 21.3 Å². The van der Waals surface area contributed by atoms with E-state index in [0.29, 0.717) is 6.61 Å². The molecule has 1 fully saturated rings. The molecule has 1 aliphatic heterocycles. The van der Waals surface area contributed by atoms with Crippen LogP contribution in [0.3, 0.4) is 0 Å². The van der Waals surface area contributed by atoms with Crippen molar-refractivity contribution in [2.75, 3.05) is 24.6 Å². The zero-order valence-electron chi connectivity index (χ0n) is 13.7. The standard InChI is InChI=1S/C18H17ClN4OS/c1-12-10-17(22-18(21-12)13-4-6-20-7-5-13)23-8-9-24-14(11-23)15-2-3-16(19)25-15/h2-7,10,14H,8-9,11H2,1H3/t14-/m0/s1. The van der Waals surface area contributed by atoms with Crippen LogP contribution in [-0.2, 0) is 4.74 Å². The van der Waals surface area contributed by atoms with Crippen molar-refractivity contribution in [2.24, 2.45) is 0 Å². The number of anilines is 1. The Kier molecular flexibility index (Phi) is 4.65. The lowest BCUT2D eigenvalue weighted by molar-refractivity contribution is 0.0418. The quantitative estimate of drug-likeness (QED) is 0.691. The molecule has 1 saturated heterocycles. The summed E-state index contributed by atoms with van der Waals surface area (Å²) in [5.41, 5.74) is 1.91. The Hall–Kier alpha value is -2.02. The summed E-state index contributed by atoms with van der Waals surface area (Å²) in [5.74, 6) is 1.65. The summed E-state index contributed by atoms with van der Waals surface area (Å²) in [6, 6.07) is 9.83. The van der Waals surface area contributed by atoms with Gasteiger partial charge in [0.2, 0.25) is 0 Å². The SMILES string of the molecule is Cc1cc(N2CCO[C@H](c3ccc(Cl)s3)C2)nc(-c2ccncc2)n1. The molecule has 0 saturated carbocycles. The molecular weight excluding hydrogens is 356 g/mol. The molecule has 0 aliphatic carbocycles. The molecule has 0 bridgehead atoms. The van der Waals surface area contributed by atoms with Gasteiger partial charge in [-0.05, 0) is 31.2 Å². The number of halogens is 1. The van der Waals surface area contributed by atoms with Crippen LogP contribution in [0.1, 0.15) is 16.7 Å². The summed E-state index contributed by atoms with van der Waals surface area (Å²) in [7, 11) is 0. The highest BCUT2D eigenvalue weighted by Crippen LogP contribution is 2.32. The zero-order valence-corrected chi connectivity index (χ0v) is 15.3. The molecule has 0 amide bonds. The van der Waals surface area contributed by atoms with E-state index in [0.717, 1.165) is 45.2 Å². The first kappa shape index (κ1) is 16.4. The van der Waals surface area contributed by atoms with Crippen LogP contribution in [0, 0.1) is 6.92 Å². The van der Waals surface area contributed by atoms with E-state index >= 15 is 0 Å². The van der Waals surface area contributed by atoms with Crippen molar-refractivity contribution in [3.8, 4) is 11.4 Å². The van der Waals surface area contributed by atoms with Gasteiger partial charge in [0, 0.05) is 41.1 Å². The fourth-order valence-corrected chi connectivity index (χ4v) is 3.98. The minimum Gasteiger partial charge on any atom is -0.369 e. The molecule has 1 aliphatic rings. The topological polar surface area (TPSA) is 51.1 Å². The molecule has 25 heavy (non-hydrogen) atoms. The number of rotatable bonds is 3. The first-order valence-corrected chi connectivity index (χ1v) is 9.26. The first-order chi connectivity index (χ1) is 12.2. The number of hydrogen-bond acceptors (Lipinski definition) is 6. The van der Waals surface area contributed by atoms with Crippen LogP contribution < -0.4 is 4.90 Å². The lowest BCUT2D eigenvalue weighted by Crippen LogP contribution is -2.38. The maximum absolute atomic E-state index is 6.07. The van der Waals surface area contributed by atoms with E-state index in [1.165, 1.54) is 0 Å². The number of thiophene rings is 1. The smallest absolute Gasteiger partial charge is 0.161 e. The van der Waals surface area contributed by atoms with Gasteiger partial charge in [-0.15, -0.1) is 11.3 Å². The van der Waals surface area contributed by atoms with Crippen LogP contribution in [0.4, 0.5) is 5.82 Å². The summed E-state index contributed by atoms with van der Waals surface area (Å²) in [6.07, 6.45) is 3.53. The molecule has 5 nitrogen and oxygen atoms in total. The summed E-state index contributed by atoms with van der Waals surface area (Å²) < 4.78 is 6.72. The highest BCUT2D eigenvalue weighted by atomic mass is 35.5. The predicted octanol–water partition coefficient (Wildman–Crippen LogP) is 4.14. The van der Waals surface area contributed by atoms with Crippen molar-refractivity contribution < 1.29 is 4.74 Å². The molecule has 0 N–H and O–H groups in total. The molecule has 4 heterocycles. The van der Waals surface area contributed by atoms with Crippen molar-refractivity contribution in [1.29, 1.82) is 0 Å². The van der Waals surface area contributed by atoms with Crippen molar-refractivity contribution >= 4 is 28.8 Å².